The fourth-order valence-corrected chi connectivity index (χ4v) is 4.52. The van der Waals surface area contributed by atoms with Crippen molar-refractivity contribution in [3.8, 4) is 0 Å². The third-order valence-electron chi connectivity index (χ3n) is 5.88. The Bertz CT molecular complexity index is 268. The maximum Gasteiger partial charge on any atom is 0.0639 e. The van der Waals surface area contributed by atoms with Crippen LogP contribution in [0.15, 0.2) is 0 Å². The first-order valence-electron chi connectivity index (χ1n) is 12.5. The maximum atomic E-state index is 10.1. The zero-order valence-electron chi connectivity index (χ0n) is 19.6. The minimum absolute atomic E-state index is 0.213. The summed E-state index contributed by atoms with van der Waals surface area (Å²) in [4.78, 5) is 2.62. The summed E-state index contributed by atoms with van der Waals surface area (Å²) in [5.74, 6) is 1.63. The van der Waals surface area contributed by atoms with Gasteiger partial charge in [0.1, 0.15) is 0 Å². The van der Waals surface area contributed by atoms with Gasteiger partial charge in [0.25, 0.3) is 0 Å². The zero-order chi connectivity index (χ0) is 20.3. The van der Waals surface area contributed by atoms with Crippen molar-refractivity contribution in [2.24, 2.45) is 11.8 Å². The Morgan fingerprint density at radius 2 is 1.00 bits per heavy atom. The molecule has 0 aromatic heterocycles. The lowest BCUT2D eigenvalue weighted by molar-refractivity contribution is 0.0967. The number of hydrogen-bond acceptors (Lipinski definition) is 2. The van der Waals surface area contributed by atoms with E-state index >= 15 is 0 Å². The van der Waals surface area contributed by atoms with Gasteiger partial charge >= 0.3 is 0 Å². The SMILES string of the molecule is CCCCCCC(CCC)CN(CC(C)O)CC(CCC)CCCCCC. The second-order valence-corrected chi connectivity index (χ2v) is 9.08. The Morgan fingerprint density at radius 1 is 0.556 bits per heavy atom. The molecular formula is C25H53NO. The molecule has 3 unspecified atom stereocenters. The summed E-state index contributed by atoms with van der Waals surface area (Å²) >= 11 is 0. The van der Waals surface area contributed by atoms with Crippen LogP contribution in [0.3, 0.4) is 0 Å². The molecule has 0 aliphatic heterocycles. The van der Waals surface area contributed by atoms with E-state index in [4.69, 9.17) is 0 Å². The molecule has 0 radical (unpaired) electrons. The van der Waals surface area contributed by atoms with Crippen LogP contribution in [0.4, 0.5) is 0 Å². The summed E-state index contributed by atoms with van der Waals surface area (Å²) < 4.78 is 0. The Morgan fingerprint density at radius 3 is 1.33 bits per heavy atom. The molecule has 2 nitrogen and oxygen atoms in total. The fourth-order valence-electron chi connectivity index (χ4n) is 4.52. The van der Waals surface area contributed by atoms with Gasteiger partial charge in [-0.1, -0.05) is 91.9 Å². The highest BCUT2D eigenvalue weighted by Crippen LogP contribution is 2.22. The molecule has 164 valence electrons. The number of aliphatic hydroxyl groups is 1. The molecule has 27 heavy (non-hydrogen) atoms. The molecule has 0 heterocycles. The van der Waals surface area contributed by atoms with Crippen LogP contribution in [0.1, 0.15) is 125 Å². The van der Waals surface area contributed by atoms with E-state index in [-0.39, 0.29) is 6.10 Å². The number of unbranched alkanes of at least 4 members (excludes halogenated alkanes) is 6. The van der Waals surface area contributed by atoms with Crippen molar-refractivity contribution in [3.05, 3.63) is 0 Å². The first-order valence-corrected chi connectivity index (χ1v) is 12.5. The lowest BCUT2D eigenvalue weighted by Gasteiger charge is -2.32. The second-order valence-electron chi connectivity index (χ2n) is 9.08. The smallest absolute Gasteiger partial charge is 0.0639 e. The van der Waals surface area contributed by atoms with Crippen LogP contribution < -0.4 is 0 Å². The van der Waals surface area contributed by atoms with Gasteiger partial charge in [-0.25, -0.2) is 0 Å². The summed E-state index contributed by atoms with van der Waals surface area (Å²) in [7, 11) is 0. The Kier molecular flexibility index (Phi) is 19.2. The van der Waals surface area contributed by atoms with Crippen LogP contribution in [0.2, 0.25) is 0 Å². The van der Waals surface area contributed by atoms with Gasteiger partial charge in [0.2, 0.25) is 0 Å². The summed E-state index contributed by atoms with van der Waals surface area (Å²) in [6.07, 6.45) is 18.8. The van der Waals surface area contributed by atoms with E-state index in [0.717, 1.165) is 18.4 Å². The van der Waals surface area contributed by atoms with Crippen molar-refractivity contribution in [1.82, 2.24) is 4.90 Å². The van der Waals surface area contributed by atoms with Crippen LogP contribution >= 0.6 is 0 Å². The third-order valence-corrected chi connectivity index (χ3v) is 5.88. The number of hydrogen-bond donors (Lipinski definition) is 1. The molecule has 0 spiro atoms. The van der Waals surface area contributed by atoms with Gasteiger partial charge in [-0.2, -0.15) is 0 Å². The minimum atomic E-state index is -0.213. The van der Waals surface area contributed by atoms with Crippen molar-refractivity contribution in [3.63, 3.8) is 0 Å². The number of aliphatic hydroxyl groups excluding tert-OH is 1. The molecule has 0 saturated heterocycles. The van der Waals surface area contributed by atoms with Gasteiger partial charge in [-0.05, 0) is 44.4 Å². The van der Waals surface area contributed by atoms with E-state index in [1.807, 2.05) is 6.92 Å². The van der Waals surface area contributed by atoms with Crippen molar-refractivity contribution in [1.29, 1.82) is 0 Å². The summed E-state index contributed by atoms with van der Waals surface area (Å²) in [5, 5.41) is 10.1. The molecule has 0 amide bonds. The predicted octanol–water partition coefficient (Wildman–Crippen LogP) is 7.44. The minimum Gasteiger partial charge on any atom is -0.392 e. The molecule has 0 aliphatic carbocycles. The standard InChI is InChI=1S/C25H53NO/c1-6-10-12-14-18-24(16-8-3)21-26(20-23(5)27)22-25(17-9-4)19-15-13-11-7-2/h23-25,27H,6-22H2,1-5H3. The zero-order valence-corrected chi connectivity index (χ0v) is 19.6. The molecule has 0 aromatic rings. The Balaban J connectivity index is 4.66. The van der Waals surface area contributed by atoms with Crippen LogP contribution in [0, 0.1) is 11.8 Å². The van der Waals surface area contributed by atoms with Crippen LogP contribution in [0.25, 0.3) is 0 Å². The summed E-state index contributed by atoms with van der Waals surface area (Å²) in [6.45, 7) is 14.4. The maximum absolute atomic E-state index is 10.1. The first-order chi connectivity index (χ1) is 13.1. The van der Waals surface area contributed by atoms with E-state index in [9.17, 15) is 5.11 Å². The highest BCUT2D eigenvalue weighted by molar-refractivity contribution is 4.73. The molecule has 2 heteroatoms. The lowest BCUT2D eigenvalue weighted by Crippen LogP contribution is -2.38. The molecule has 0 aromatic carbocycles. The number of nitrogens with zero attached hydrogens (tertiary/aromatic N) is 1. The molecule has 0 fully saturated rings. The first kappa shape index (κ1) is 26.9. The molecule has 3 atom stereocenters. The van der Waals surface area contributed by atoms with Gasteiger partial charge in [0.15, 0.2) is 0 Å². The average Bonchev–Trinajstić information content (AvgIpc) is 2.62. The molecule has 0 aliphatic rings. The molecule has 0 saturated carbocycles. The Labute approximate surface area is 172 Å². The van der Waals surface area contributed by atoms with Crippen LogP contribution in [-0.2, 0) is 0 Å². The quantitative estimate of drug-likeness (QED) is 0.221. The predicted molar refractivity (Wildman–Crippen MR) is 122 cm³/mol. The molecule has 1 N–H and O–H groups in total. The van der Waals surface area contributed by atoms with Gasteiger partial charge in [0, 0.05) is 19.6 Å². The van der Waals surface area contributed by atoms with Crippen molar-refractivity contribution >= 4 is 0 Å². The van der Waals surface area contributed by atoms with E-state index < -0.39 is 0 Å². The number of rotatable bonds is 20. The largest absolute Gasteiger partial charge is 0.392 e. The van der Waals surface area contributed by atoms with Gasteiger partial charge in [0.05, 0.1) is 6.10 Å². The molecule has 0 bridgehead atoms. The van der Waals surface area contributed by atoms with Gasteiger partial charge < -0.3 is 10.0 Å². The average molecular weight is 384 g/mol. The van der Waals surface area contributed by atoms with E-state index in [0.29, 0.717) is 0 Å². The Hall–Kier alpha value is -0.0800. The van der Waals surface area contributed by atoms with Crippen molar-refractivity contribution < 1.29 is 5.11 Å². The van der Waals surface area contributed by atoms with Crippen molar-refractivity contribution in [2.75, 3.05) is 19.6 Å². The van der Waals surface area contributed by atoms with E-state index in [2.05, 4.69) is 32.6 Å². The topological polar surface area (TPSA) is 23.5 Å². The third kappa shape index (κ3) is 16.6. The van der Waals surface area contributed by atoms with Crippen molar-refractivity contribution in [2.45, 2.75) is 131 Å². The summed E-state index contributed by atoms with van der Waals surface area (Å²) in [5.41, 5.74) is 0. The molecule has 0 rings (SSSR count). The second kappa shape index (κ2) is 19.2. The van der Waals surface area contributed by atoms with Crippen LogP contribution in [-0.4, -0.2) is 35.7 Å². The highest BCUT2D eigenvalue weighted by atomic mass is 16.3. The normalized spacial score (nSPS) is 15.2. The van der Waals surface area contributed by atoms with Crippen LogP contribution in [0.5, 0.6) is 0 Å². The lowest BCUT2D eigenvalue weighted by atomic mass is 9.92. The van der Waals surface area contributed by atoms with E-state index in [1.54, 1.807) is 0 Å². The summed E-state index contributed by atoms with van der Waals surface area (Å²) in [6, 6.07) is 0. The van der Waals surface area contributed by atoms with E-state index in [1.165, 1.54) is 103 Å². The highest BCUT2D eigenvalue weighted by Gasteiger charge is 2.19. The molecular weight excluding hydrogens is 330 g/mol. The van der Waals surface area contributed by atoms with Gasteiger partial charge in [-0.3, -0.25) is 0 Å². The monoisotopic (exact) mass is 383 g/mol. The fraction of sp³-hybridized carbons (Fsp3) is 1.00. The van der Waals surface area contributed by atoms with Gasteiger partial charge in [-0.15, -0.1) is 0 Å².